The molecule has 1 aliphatic heterocycles. The van der Waals surface area contributed by atoms with Crippen molar-refractivity contribution >= 4 is 112 Å². The number of alkyl halides is 12. The van der Waals surface area contributed by atoms with E-state index in [1.165, 1.54) is 74.3 Å². The van der Waals surface area contributed by atoms with E-state index < -0.39 is 98.7 Å². The van der Waals surface area contributed by atoms with Gasteiger partial charge in [0.25, 0.3) is 22.2 Å². The normalized spacial score (nSPS) is 13.5. The number of rotatable bonds is 10. The van der Waals surface area contributed by atoms with Crippen LogP contribution >= 0.6 is 0 Å². The van der Waals surface area contributed by atoms with Gasteiger partial charge in [-0.3, -0.25) is 86.9 Å². The lowest BCUT2D eigenvalue weighted by atomic mass is 10.1. The van der Waals surface area contributed by atoms with Crippen molar-refractivity contribution in [1.29, 1.82) is 0 Å². The van der Waals surface area contributed by atoms with E-state index in [0.29, 0.717) is 72.0 Å². The Kier molecular flexibility index (Phi) is 23.7. The van der Waals surface area contributed by atoms with E-state index in [4.69, 9.17) is 4.98 Å². The monoisotopic (exact) mass is 2000 g/mol. The number of anilines is 1. The maximum atomic E-state index is 13.5. The number of aliphatic hydroxyl groups is 1. The first-order valence-corrected chi connectivity index (χ1v) is 44.8. The molecule has 3 aliphatic carbocycles. The number of aromatic amines is 2. The largest absolute Gasteiger partial charge is 0.416 e. The number of halogens is 12. The second-order valence-corrected chi connectivity index (χ2v) is 34.4. The van der Waals surface area contributed by atoms with Gasteiger partial charge in [-0.05, 0) is 163 Å². The molecule has 0 unspecified atom stereocenters. The maximum absolute atomic E-state index is 13.5. The Morgan fingerprint density at radius 2 is 0.646 bits per heavy atom. The van der Waals surface area contributed by atoms with Crippen molar-refractivity contribution in [3.63, 3.8) is 0 Å². The highest BCUT2D eigenvalue weighted by Crippen LogP contribution is 2.40. The van der Waals surface area contributed by atoms with Crippen molar-refractivity contribution in [1.82, 2.24) is 107 Å². The summed E-state index contributed by atoms with van der Waals surface area (Å²) in [7, 11) is 3.33. The fourth-order valence-corrected chi connectivity index (χ4v) is 17.8. The van der Waals surface area contributed by atoms with Crippen molar-refractivity contribution in [2.45, 2.75) is 50.7 Å². The highest BCUT2D eigenvalue weighted by atomic mass is 19.4. The van der Waals surface area contributed by atoms with Gasteiger partial charge >= 0.3 is 47.5 Å². The van der Waals surface area contributed by atoms with Crippen molar-refractivity contribution < 1.29 is 57.8 Å². The molecular formula is C103H67F12N23O9. The topological polar surface area (TPSA) is 392 Å². The van der Waals surface area contributed by atoms with Gasteiger partial charge in [-0.25, -0.2) is 53.6 Å². The SMILES string of the molecule is CN1CCN(c2ncc(-c3ccc4ncc5c(=O)[nH]c(=O)n(-c6cccc(C(F)(F)F)c6)c5c4n3)cn2)CC1.Cn1c(=O)c2cnc3ccc(-c4cnc5c(c4)C=CC5)nc3c2n(-c2cccc(C(F)(F)F)c2)c1=O.O=c1[nH]c(=O)n(-c2cccc(C(F)(F)F)c2)c2c1cnc1ccc(-c3cnc4c(c3)C=CC4)nc12.O=c1c2cnc3ccc(-c4cnc5c(c4)C=CC5)nc3c2n(-c2cccc(C(F)(F)F)c2)c(=O)n1CO. The smallest absolute Gasteiger partial charge is 0.376 e. The first-order valence-electron chi connectivity index (χ1n) is 44.8. The Balaban J connectivity index is 0.000000115. The summed E-state index contributed by atoms with van der Waals surface area (Å²) in [5.74, 6) is 0.602. The summed E-state index contributed by atoms with van der Waals surface area (Å²) >= 11 is 0. The van der Waals surface area contributed by atoms with Gasteiger partial charge in [0.15, 0.2) is 0 Å². The molecule has 0 saturated carbocycles. The summed E-state index contributed by atoms with van der Waals surface area (Å²) in [6.07, 6.45) is 9.04. The van der Waals surface area contributed by atoms with Crippen LogP contribution in [0.4, 0.5) is 58.6 Å². The molecule has 44 heteroatoms. The van der Waals surface area contributed by atoms with Gasteiger partial charge < -0.3 is 14.9 Å². The summed E-state index contributed by atoms with van der Waals surface area (Å²) in [5.41, 5.74) is 2.21. The van der Waals surface area contributed by atoms with Crippen molar-refractivity contribution in [3.05, 3.63) is 377 Å². The van der Waals surface area contributed by atoms with Gasteiger partial charge in [0, 0.05) is 131 Å². The van der Waals surface area contributed by atoms with E-state index in [0.717, 1.165) is 162 Å². The Bertz CT molecular complexity index is 9580. The number of nitrogens with zero attached hydrogens (tertiary/aromatic N) is 21. The number of fused-ring (bicyclic) bond motifs is 15. The molecule has 20 aromatic rings. The van der Waals surface area contributed by atoms with Gasteiger partial charge in [0.1, 0.15) is 28.8 Å². The Hall–Kier alpha value is -18.5. The second kappa shape index (κ2) is 36.8. The van der Waals surface area contributed by atoms with Crippen molar-refractivity contribution in [3.8, 4) is 67.8 Å². The minimum atomic E-state index is -4.66. The van der Waals surface area contributed by atoms with Gasteiger partial charge in [-0.1, -0.05) is 60.7 Å². The molecule has 17 heterocycles. The van der Waals surface area contributed by atoms with E-state index in [-0.39, 0.29) is 88.4 Å². The molecule has 16 aromatic heterocycles. The molecule has 147 heavy (non-hydrogen) atoms. The average molecular weight is 2000 g/mol. The molecule has 1 saturated heterocycles. The number of pyridine rings is 11. The van der Waals surface area contributed by atoms with E-state index >= 15 is 0 Å². The highest BCUT2D eigenvalue weighted by Gasteiger charge is 2.36. The standard InChI is InChI=1S/C26H21F3N8O2.C26H16F3N5O3.C26H16F3N5O2.C25H14F3N5O2/c1-35-7-9-36(10-8-35)24-31-12-15(13-32-24)19-5-6-20-21(33-19)22-18(14-30-20)23(38)34-25(39)37(22)17-4-2-3-16(11-17)26(27,28)29;27-26(28,29)16-4-2-5-17(10-16)34-23-18(24(36)33(13-35)25(34)37)12-31-21-8-7-20(32-22(21)23)15-9-14-3-1-6-19(14)30-11-15;1-33-24(35)18-13-31-21-9-8-20(15-10-14-4-2-7-19(14)30-12-15)32-22(21)23(18)34(25(33)36)17-6-3-5-16(11-17)26(27,28)29;26-25(27,28)15-4-2-5-16(10-15)33-22-17(23(34)32-24(33)35)12-30-20-8-7-19(31-21(20)22)14-9-13-3-1-6-18(13)29-11-14/h2-6,11-14H,7-10H2,1H3,(H,34,38,39);1-5,7-12,35H,6,13H2;2-6,8-13H,7H2,1H3;1-5,7-12H,6H2,(H,32,34,35). The molecule has 4 aliphatic rings. The number of benzene rings is 4. The third-order valence-electron chi connectivity index (χ3n) is 25.2. The Labute approximate surface area is 813 Å². The van der Waals surface area contributed by atoms with Crippen LogP contribution in [0.2, 0.25) is 0 Å². The molecule has 24 rings (SSSR count). The lowest BCUT2D eigenvalue weighted by Crippen LogP contribution is -2.45. The van der Waals surface area contributed by atoms with Crippen LogP contribution in [0.25, 0.3) is 174 Å². The number of allylic oxidation sites excluding steroid dienone is 3. The summed E-state index contributed by atoms with van der Waals surface area (Å²) in [4.78, 5) is 171. The minimum absolute atomic E-state index is 0.00539. The van der Waals surface area contributed by atoms with Gasteiger partial charge in [-0.2, -0.15) is 52.7 Å². The number of aliphatic hydroxyl groups excluding tert-OH is 1. The maximum Gasteiger partial charge on any atom is 0.416 e. The number of likely N-dealkylation sites (N-methyl/N-ethyl adjacent to an activating group) is 1. The molecule has 0 atom stereocenters. The lowest BCUT2D eigenvalue weighted by molar-refractivity contribution is -0.138. The van der Waals surface area contributed by atoms with Crippen LogP contribution in [0.1, 0.15) is 56.0 Å². The predicted molar refractivity (Wildman–Crippen MR) is 522 cm³/mol. The molecule has 0 amide bonds. The molecule has 32 nitrogen and oxygen atoms in total. The Morgan fingerprint density at radius 3 is 0.993 bits per heavy atom. The van der Waals surface area contributed by atoms with Crippen LogP contribution in [0.5, 0.6) is 0 Å². The summed E-state index contributed by atoms with van der Waals surface area (Å²) in [6.45, 7) is 2.47. The molecule has 4 aromatic carbocycles. The Morgan fingerprint density at radius 1 is 0.333 bits per heavy atom. The zero-order valence-corrected chi connectivity index (χ0v) is 76.0. The molecule has 732 valence electrons. The van der Waals surface area contributed by atoms with Gasteiger partial charge in [0.05, 0.1) is 151 Å². The number of hydrogen-bond donors (Lipinski definition) is 3. The van der Waals surface area contributed by atoms with Crippen LogP contribution in [0.3, 0.4) is 0 Å². The third-order valence-corrected chi connectivity index (χ3v) is 25.2. The average Bonchev–Trinajstić information content (AvgIpc) is 0.964. The molecule has 0 bridgehead atoms. The van der Waals surface area contributed by atoms with Crippen molar-refractivity contribution in [2.24, 2.45) is 7.05 Å². The third kappa shape index (κ3) is 17.7. The summed E-state index contributed by atoms with van der Waals surface area (Å²) in [5, 5.41) is 9.72. The van der Waals surface area contributed by atoms with Crippen molar-refractivity contribution in [2.75, 3.05) is 38.1 Å². The van der Waals surface area contributed by atoms with E-state index in [1.807, 2.05) is 54.7 Å². The van der Waals surface area contributed by atoms with E-state index in [2.05, 4.69) is 86.6 Å². The number of piperazine rings is 1. The highest BCUT2D eigenvalue weighted by molar-refractivity contribution is 6.05. The number of aromatic nitrogens is 21. The molecule has 0 radical (unpaired) electrons. The quantitative estimate of drug-likeness (QED) is 0.0845. The zero-order valence-electron chi connectivity index (χ0n) is 76.0. The first-order chi connectivity index (χ1) is 70.5. The fourth-order valence-electron chi connectivity index (χ4n) is 17.8. The fraction of sp³-hybridized carbons (Fsp3) is 0.136. The summed E-state index contributed by atoms with van der Waals surface area (Å²) in [6, 6.07) is 36.6. The number of H-pyrrole nitrogens is 2. The lowest BCUT2D eigenvalue weighted by Gasteiger charge is -2.32. The second-order valence-electron chi connectivity index (χ2n) is 34.4. The van der Waals surface area contributed by atoms with Gasteiger partial charge in [0.2, 0.25) is 5.95 Å². The molecule has 0 spiro atoms. The van der Waals surface area contributed by atoms with Crippen LogP contribution in [-0.2, 0) is 57.7 Å². The molecule has 3 N–H and O–H groups in total. The predicted octanol–water partition coefficient (Wildman–Crippen LogP) is 15.1. The van der Waals surface area contributed by atoms with Crippen LogP contribution in [0, 0.1) is 0 Å². The van der Waals surface area contributed by atoms with E-state index in [9.17, 15) is 96.1 Å². The number of hydrogen-bond acceptors (Lipinski definition) is 24. The molecule has 1 fully saturated rings. The van der Waals surface area contributed by atoms with Gasteiger partial charge in [-0.15, -0.1) is 0 Å². The first kappa shape index (κ1) is 94.7. The van der Waals surface area contributed by atoms with Crippen LogP contribution < -0.4 is 49.9 Å². The molecular weight excluding hydrogens is 1930 g/mol. The van der Waals surface area contributed by atoms with E-state index in [1.54, 1.807) is 79.5 Å². The summed E-state index contributed by atoms with van der Waals surface area (Å²) < 4.78 is 167. The van der Waals surface area contributed by atoms with Crippen LogP contribution in [-0.4, -0.2) is 145 Å². The number of nitrogens with one attached hydrogen (secondary N) is 2. The zero-order chi connectivity index (χ0) is 103. The van der Waals surface area contributed by atoms with Crippen LogP contribution in [0.15, 0.2) is 276 Å². The minimum Gasteiger partial charge on any atom is -0.376 e.